The molecule has 0 aliphatic heterocycles. The predicted octanol–water partition coefficient (Wildman–Crippen LogP) is -3.62. The van der Waals surface area contributed by atoms with Crippen LogP contribution >= 0.6 is 7.60 Å². The molecule has 7 heteroatoms. The normalized spacial score (nSPS) is 12.4. The number of hydrogen-bond acceptors (Lipinski definition) is 2. The van der Waals surface area contributed by atoms with Crippen molar-refractivity contribution in [1.82, 2.24) is 5.43 Å². The van der Waals surface area contributed by atoms with Crippen molar-refractivity contribution in [2.45, 2.75) is 0 Å². The SMILES string of the molecule is C[N+](C)(C)NCCP(=O)(O)O.[I-]. The Labute approximate surface area is 89.9 Å². The van der Waals surface area contributed by atoms with Crippen LogP contribution in [0.25, 0.3) is 0 Å². The van der Waals surface area contributed by atoms with Crippen LogP contribution in [0.15, 0.2) is 0 Å². The van der Waals surface area contributed by atoms with Gasteiger partial charge >= 0.3 is 7.60 Å². The maximum Gasteiger partial charge on any atom is 0.327 e. The fourth-order valence-electron chi connectivity index (χ4n) is 0.531. The first-order valence-electron chi connectivity index (χ1n) is 3.32. The standard InChI is InChI=1S/C5H15N2O3P.HI/c1-7(2,3)6-4-5-11(8,9)10;/h6H,4-5H2,1-3H3,(H-,8,9,10);1H. The molecule has 0 aromatic carbocycles. The highest BCUT2D eigenvalue weighted by Gasteiger charge is 2.14. The van der Waals surface area contributed by atoms with E-state index in [1.165, 1.54) is 0 Å². The van der Waals surface area contributed by atoms with Crippen molar-refractivity contribution >= 4 is 7.60 Å². The van der Waals surface area contributed by atoms with Gasteiger partial charge in [-0.15, -0.1) is 0 Å². The first kappa shape index (κ1) is 15.3. The number of nitrogens with one attached hydrogen (secondary N) is 1. The van der Waals surface area contributed by atoms with E-state index in [2.05, 4.69) is 5.43 Å². The van der Waals surface area contributed by atoms with Crippen LogP contribution in [0.3, 0.4) is 0 Å². The maximum atomic E-state index is 10.4. The summed E-state index contributed by atoms with van der Waals surface area (Å²) in [7, 11) is 1.84. The summed E-state index contributed by atoms with van der Waals surface area (Å²) in [5, 5.41) is 0. The molecular weight excluding hydrogens is 294 g/mol. The van der Waals surface area contributed by atoms with E-state index in [0.717, 1.165) is 0 Å². The van der Waals surface area contributed by atoms with E-state index < -0.39 is 7.60 Å². The second-order valence-corrected chi connectivity index (χ2v) is 5.09. The van der Waals surface area contributed by atoms with Crippen LogP contribution in [0.1, 0.15) is 0 Å². The fourth-order valence-corrected chi connectivity index (χ4v) is 0.922. The van der Waals surface area contributed by atoms with Crippen LogP contribution < -0.4 is 29.4 Å². The average Bonchev–Trinajstić information content (AvgIpc) is 1.55. The van der Waals surface area contributed by atoms with E-state index in [1.54, 1.807) is 0 Å². The van der Waals surface area contributed by atoms with Gasteiger partial charge in [0.05, 0.1) is 33.8 Å². The zero-order valence-electron chi connectivity index (χ0n) is 7.49. The summed E-state index contributed by atoms with van der Waals surface area (Å²) in [6.07, 6.45) is -0.109. The Morgan fingerprint density at radius 2 is 1.75 bits per heavy atom. The molecule has 0 amide bonds. The quantitative estimate of drug-likeness (QED) is 0.217. The Bertz CT molecular complexity index is 165. The number of hydrogen-bond donors (Lipinski definition) is 3. The monoisotopic (exact) mass is 310 g/mol. The molecule has 76 valence electrons. The molecule has 3 N–H and O–H groups in total. The molecule has 0 rings (SSSR count). The van der Waals surface area contributed by atoms with E-state index in [0.29, 0.717) is 11.1 Å². The van der Waals surface area contributed by atoms with Crippen LogP contribution in [0.5, 0.6) is 0 Å². The molecule has 0 bridgehead atoms. The van der Waals surface area contributed by atoms with Crippen molar-refractivity contribution in [2.24, 2.45) is 0 Å². The van der Waals surface area contributed by atoms with Gasteiger partial charge in [-0.3, -0.25) is 9.16 Å². The second-order valence-electron chi connectivity index (χ2n) is 3.31. The van der Waals surface area contributed by atoms with Gasteiger partial charge in [-0.05, 0) is 0 Å². The summed E-state index contributed by atoms with van der Waals surface area (Å²) < 4.78 is 10.9. The molecular formula is C5H16IN2O3P. The smallest absolute Gasteiger partial charge is 0.327 e. The third-order valence-corrected chi connectivity index (χ3v) is 1.80. The van der Waals surface area contributed by atoms with Crippen LogP contribution in [0.4, 0.5) is 0 Å². The third kappa shape index (κ3) is 13.4. The highest BCUT2D eigenvalue weighted by atomic mass is 127. The fraction of sp³-hybridized carbons (Fsp3) is 1.00. The molecule has 0 atom stereocenters. The Morgan fingerprint density at radius 1 is 1.33 bits per heavy atom. The molecule has 0 heterocycles. The van der Waals surface area contributed by atoms with Gasteiger partial charge in [0.25, 0.3) is 0 Å². The molecule has 0 saturated heterocycles. The van der Waals surface area contributed by atoms with E-state index in [-0.39, 0.29) is 30.1 Å². The molecule has 5 nitrogen and oxygen atoms in total. The number of nitrogens with zero attached hydrogens (tertiary/aromatic N) is 1. The highest BCUT2D eigenvalue weighted by molar-refractivity contribution is 7.51. The lowest BCUT2D eigenvalue weighted by atomic mass is 10.7. The van der Waals surface area contributed by atoms with E-state index in [1.807, 2.05) is 21.1 Å². The van der Waals surface area contributed by atoms with Gasteiger partial charge in [-0.25, -0.2) is 0 Å². The number of rotatable bonds is 4. The van der Waals surface area contributed by atoms with Crippen LogP contribution in [-0.2, 0) is 4.57 Å². The van der Waals surface area contributed by atoms with Gasteiger partial charge in [0, 0.05) is 0 Å². The van der Waals surface area contributed by atoms with Gasteiger partial charge in [0.15, 0.2) is 0 Å². The van der Waals surface area contributed by atoms with Crippen molar-refractivity contribution in [1.29, 1.82) is 0 Å². The highest BCUT2D eigenvalue weighted by Crippen LogP contribution is 2.32. The number of quaternary nitrogens is 1. The average molecular weight is 310 g/mol. The van der Waals surface area contributed by atoms with E-state index in [9.17, 15) is 4.57 Å². The number of halogens is 1. The first-order chi connectivity index (χ1) is 4.71. The first-order valence-corrected chi connectivity index (χ1v) is 5.12. The Balaban J connectivity index is 0. The van der Waals surface area contributed by atoms with Crippen molar-refractivity contribution < 1.29 is 42.9 Å². The summed E-state index contributed by atoms with van der Waals surface area (Å²) in [5.74, 6) is 0. The van der Waals surface area contributed by atoms with Gasteiger partial charge in [-0.1, -0.05) is 0 Å². The molecule has 0 unspecified atom stereocenters. The van der Waals surface area contributed by atoms with Crippen molar-refractivity contribution in [3.05, 3.63) is 0 Å². The van der Waals surface area contributed by atoms with Gasteiger partial charge in [0.1, 0.15) is 0 Å². The lowest BCUT2D eigenvalue weighted by Crippen LogP contribution is -3.00. The lowest BCUT2D eigenvalue weighted by molar-refractivity contribution is -0.915. The Hall–Kier alpha value is 0.800. The van der Waals surface area contributed by atoms with Crippen molar-refractivity contribution in [3.63, 3.8) is 0 Å². The summed E-state index contributed by atoms with van der Waals surface area (Å²) >= 11 is 0. The van der Waals surface area contributed by atoms with Gasteiger partial charge in [0.2, 0.25) is 0 Å². The van der Waals surface area contributed by atoms with Crippen LogP contribution in [0, 0.1) is 0 Å². The molecule has 0 aromatic rings. The van der Waals surface area contributed by atoms with Crippen molar-refractivity contribution in [2.75, 3.05) is 33.8 Å². The minimum absolute atomic E-state index is 0. The van der Waals surface area contributed by atoms with E-state index >= 15 is 0 Å². The Kier molecular flexibility index (Phi) is 7.02. The molecule has 0 spiro atoms. The third-order valence-electron chi connectivity index (χ3n) is 0.989. The minimum Gasteiger partial charge on any atom is -1.00 e. The van der Waals surface area contributed by atoms with Crippen molar-refractivity contribution in [3.8, 4) is 0 Å². The van der Waals surface area contributed by atoms with E-state index in [4.69, 9.17) is 9.79 Å². The molecule has 0 fully saturated rings. The summed E-state index contributed by atoms with van der Waals surface area (Å²) in [6.45, 7) is 0.327. The molecule has 0 aromatic heterocycles. The second kappa shape index (κ2) is 5.51. The molecule has 0 saturated carbocycles. The van der Waals surface area contributed by atoms with Crippen LogP contribution in [0.2, 0.25) is 0 Å². The largest absolute Gasteiger partial charge is 1.00 e. The minimum atomic E-state index is -3.82. The maximum absolute atomic E-state index is 10.4. The van der Waals surface area contributed by atoms with Gasteiger partial charge < -0.3 is 33.8 Å². The molecule has 0 aliphatic carbocycles. The lowest BCUT2D eigenvalue weighted by Gasteiger charge is -2.23. The van der Waals surface area contributed by atoms with Crippen LogP contribution in [-0.4, -0.2) is 48.2 Å². The zero-order valence-corrected chi connectivity index (χ0v) is 10.5. The zero-order chi connectivity index (χ0) is 9.12. The molecule has 12 heavy (non-hydrogen) atoms. The summed E-state index contributed by atoms with van der Waals surface area (Å²) in [5.41, 5.74) is 2.92. The summed E-state index contributed by atoms with van der Waals surface area (Å²) in [4.78, 5) is 17.0. The Morgan fingerprint density at radius 3 is 2.00 bits per heavy atom. The molecule has 0 aliphatic rings. The predicted molar refractivity (Wildman–Crippen MR) is 42.9 cm³/mol. The topological polar surface area (TPSA) is 69.6 Å². The molecule has 0 radical (unpaired) electrons. The summed E-state index contributed by atoms with van der Waals surface area (Å²) in [6, 6.07) is 0. The van der Waals surface area contributed by atoms with Gasteiger partial charge in [-0.2, -0.15) is 5.43 Å².